The minimum Gasteiger partial charge on any atom is -0.494 e. The van der Waals surface area contributed by atoms with Crippen molar-refractivity contribution in [3.05, 3.63) is 74.8 Å². The van der Waals surface area contributed by atoms with Crippen molar-refractivity contribution in [3.63, 3.8) is 0 Å². The molecule has 0 saturated heterocycles. The van der Waals surface area contributed by atoms with Gasteiger partial charge in [-0.15, -0.1) is 5.10 Å². The summed E-state index contributed by atoms with van der Waals surface area (Å²) in [5.41, 5.74) is 0.734. The summed E-state index contributed by atoms with van der Waals surface area (Å²) in [6.07, 6.45) is 6.12. The van der Waals surface area contributed by atoms with Gasteiger partial charge in [-0.25, -0.2) is 0 Å². The van der Waals surface area contributed by atoms with Crippen LogP contribution in [-0.2, 0) is 0 Å². The minimum atomic E-state index is -0.451. The molecular formula is C25H25N3O4S. The van der Waals surface area contributed by atoms with Gasteiger partial charge in [0.1, 0.15) is 12.4 Å². The summed E-state index contributed by atoms with van der Waals surface area (Å²) in [6, 6.07) is 15.2. The van der Waals surface area contributed by atoms with Crippen molar-refractivity contribution in [3.8, 4) is 17.2 Å². The topological polar surface area (TPSA) is 74.9 Å². The van der Waals surface area contributed by atoms with Crippen LogP contribution in [0, 0.1) is 0 Å². The lowest BCUT2D eigenvalue weighted by atomic mass is 10.2. The number of ether oxygens (including phenoxy) is 3. The monoisotopic (exact) mass is 463 g/mol. The first-order valence-corrected chi connectivity index (χ1v) is 12.1. The van der Waals surface area contributed by atoms with Crippen molar-refractivity contribution in [2.75, 3.05) is 13.2 Å². The fraction of sp³-hybridized carbons (Fsp3) is 0.320. The summed E-state index contributed by atoms with van der Waals surface area (Å²) < 4.78 is 19.4. The van der Waals surface area contributed by atoms with Gasteiger partial charge < -0.3 is 14.2 Å². The van der Waals surface area contributed by atoms with Crippen LogP contribution in [-0.4, -0.2) is 27.8 Å². The van der Waals surface area contributed by atoms with E-state index in [0.717, 1.165) is 24.3 Å². The molecule has 0 radical (unpaired) electrons. The summed E-state index contributed by atoms with van der Waals surface area (Å²) >= 11 is 1.31. The average Bonchev–Trinajstić information content (AvgIpc) is 3.39. The third kappa shape index (κ3) is 4.71. The van der Waals surface area contributed by atoms with Crippen molar-refractivity contribution in [1.29, 1.82) is 0 Å². The lowest BCUT2D eigenvalue weighted by Gasteiger charge is -2.24. The molecule has 0 saturated carbocycles. The number of para-hydroxylation sites is 2. The molecule has 7 nitrogen and oxygen atoms in total. The molecular weight excluding hydrogens is 438 g/mol. The van der Waals surface area contributed by atoms with E-state index in [2.05, 4.69) is 17.0 Å². The normalized spacial score (nSPS) is 15.8. The lowest BCUT2D eigenvalue weighted by Crippen LogP contribution is -2.26. The van der Waals surface area contributed by atoms with Gasteiger partial charge in [-0.05, 0) is 42.3 Å². The third-order valence-corrected chi connectivity index (χ3v) is 6.40. The summed E-state index contributed by atoms with van der Waals surface area (Å²) in [5, 5.41) is 4.40. The van der Waals surface area contributed by atoms with Crippen LogP contribution < -0.4 is 24.3 Å². The van der Waals surface area contributed by atoms with Crippen LogP contribution in [0.4, 0.5) is 0 Å². The molecule has 4 aromatic rings. The zero-order valence-electron chi connectivity index (χ0n) is 18.4. The smallest absolute Gasteiger partial charge is 0.291 e. The van der Waals surface area contributed by atoms with Crippen LogP contribution in [0.3, 0.4) is 0 Å². The number of thiazole rings is 1. The van der Waals surface area contributed by atoms with E-state index in [0.29, 0.717) is 33.4 Å². The first-order chi connectivity index (χ1) is 16.2. The zero-order chi connectivity index (χ0) is 22.6. The molecule has 0 aliphatic carbocycles. The fourth-order valence-corrected chi connectivity index (χ4v) is 4.58. The van der Waals surface area contributed by atoms with E-state index in [1.165, 1.54) is 35.1 Å². The molecule has 0 N–H and O–H groups in total. The quantitative estimate of drug-likeness (QED) is 0.365. The van der Waals surface area contributed by atoms with Gasteiger partial charge in [0, 0.05) is 0 Å². The van der Waals surface area contributed by atoms with Crippen LogP contribution in [0.15, 0.2) is 53.3 Å². The second-order valence-electron chi connectivity index (χ2n) is 7.92. The molecule has 1 atom stereocenters. The molecule has 0 amide bonds. The number of unbranched alkanes of at least 4 members (excludes halogenated alkanes) is 3. The maximum atomic E-state index is 12.9. The molecule has 1 aliphatic rings. The number of hydrogen-bond donors (Lipinski definition) is 0. The summed E-state index contributed by atoms with van der Waals surface area (Å²) in [5.74, 6) is 2.63. The van der Waals surface area contributed by atoms with Crippen molar-refractivity contribution >= 4 is 22.4 Å². The summed E-state index contributed by atoms with van der Waals surface area (Å²) in [6.45, 7) is 3.23. The van der Waals surface area contributed by atoms with E-state index >= 15 is 0 Å². The molecule has 5 rings (SSSR count). The van der Waals surface area contributed by atoms with Gasteiger partial charge in [0.2, 0.25) is 4.96 Å². The Balaban J connectivity index is 1.29. The third-order valence-electron chi connectivity index (χ3n) is 5.44. The molecule has 0 fully saturated rings. The Labute approximate surface area is 195 Å². The highest BCUT2D eigenvalue weighted by Crippen LogP contribution is 2.35. The van der Waals surface area contributed by atoms with Gasteiger partial charge in [0.05, 0.1) is 11.1 Å². The second-order valence-corrected chi connectivity index (χ2v) is 8.93. The molecule has 0 spiro atoms. The fourth-order valence-electron chi connectivity index (χ4n) is 3.66. The predicted octanol–water partition coefficient (Wildman–Crippen LogP) is 4.17. The lowest BCUT2D eigenvalue weighted by molar-refractivity contribution is 0.0852. The highest BCUT2D eigenvalue weighted by Gasteiger charge is 2.27. The van der Waals surface area contributed by atoms with Crippen LogP contribution in [0.2, 0.25) is 0 Å². The number of rotatable bonds is 8. The molecule has 1 aliphatic heterocycles. The largest absolute Gasteiger partial charge is 0.494 e. The molecule has 3 heterocycles. The first-order valence-electron chi connectivity index (χ1n) is 11.2. The minimum absolute atomic E-state index is 0.192. The van der Waals surface area contributed by atoms with Gasteiger partial charge in [-0.3, -0.25) is 4.79 Å². The van der Waals surface area contributed by atoms with Crippen LogP contribution in [0.1, 0.15) is 50.1 Å². The molecule has 8 heteroatoms. The predicted molar refractivity (Wildman–Crippen MR) is 127 cm³/mol. The van der Waals surface area contributed by atoms with Gasteiger partial charge in [0.15, 0.2) is 23.4 Å². The second kappa shape index (κ2) is 9.62. The highest BCUT2D eigenvalue weighted by molar-refractivity contribution is 7.15. The van der Waals surface area contributed by atoms with Crippen molar-refractivity contribution in [2.24, 2.45) is 0 Å². The van der Waals surface area contributed by atoms with E-state index in [-0.39, 0.29) is 5.56 Å². The molecule has 0 bridgehead atoms. The van der Waals surface area contributed by atoms with Gasteiger partial charge in [-0.1, -0.05) is 61.8 Å². The molecule has 33 heavy (non-hydrogen) atoms. The molecule has 2 aromatic carbocycles. The van der Waals surface area contributed by atoms with Crippen molar-refractivity contribution in [2.45, 2.75) is 38.7 Å². The average molecular weight is 464 g/mol. The maximum Gasteiger partial charge on any atom is 0.291 e. The van der Waals surface area contributed by atoms with Crippen molar-refractivity contribution in [1.82, 2.24) is 14.6 Å². The number of nitrogens with zero attached hydrogens (tertiary/aromatic N) is 3. The summed E-state index contributed by atoms with van der Waals surface area (Å²) in [7, 11) is 0. The Morgan fingerprint density at radius 2 is 1.94 bits per heavy atom. The SMILES string of the molecule is CCCCCCOc1ccc(/C=c2\sc3nc([C@H]4COc5ccccc5O4)nn3c2=O)cc1. The number of aromatic nitrogens is 3. The van der Waals surface area contributed by atoms with E-state index in [9.17, 15) is 4.79 Å². The van der Waals surface area contributed by atoms with E-state index in [4.69, 9.17) is 14.2 Å². The van der Waals surface area contributed by atoms with Crippen LogP contribution in [0.5, 0.6) is 17.2 Å². The van der Waals surface area contributed by atoms with E-state index in [1.807, 2.05) is 54.6 Å². The Morgan fingerprint density at radius 3 is 2.73 bits per heavy atom. The van der Waals surface area contributed by atoms with Crippen LogP contribution >= 0.6 is 11.3 Å². The maximum absolute atomic E-state index is 12.9. The number of benzene rings is 2. The Morgan fingerprint density at radius 1 is 1.12 bits per heavy atom. The molecule has 0 unspecified atom stereocenters. The number of hydrogen-bond acceptors (Lipinski definition) is 7. The van der Waals surface area contributed by atoms with Gasteiger partial charge in [0.25, 0.3) is 5.56 Å². The van der Waals surface area contributed by atoms with Gasteiger partial charge >= 0.3 is 0 Å². The Kier molecular flexibility index (Phi) is 6.26. The number of fused-ring (bicyclic) bond motifs is 2. The first kappa shape index (κ1) is 21.5. The highest BCUT2D eigenvalue weighted by atomic mass is 32.1. The van der Waals surface area contributed by atoms with E-state index < -0.39 is 6.10 Å². The van der Waals surface area contributed by atoms with Gasteiger partial charge in [-0.2, -0.15) is 9.50 Å². The zero-order valence-corrected chi connectivity index (χ0v) is 19.2. The standard InChI is InChI=1S/C25H25N3O4S/c1-2-3-4-7-14-30-18-12-10-17(11-13-18)15-22-24(29)28-25(33-22)26-23(27-28)21-16-31-19-8-5-6-9-20(19)32-21/h5-6,8-13,15,21H,2-4,7,14,16H2,1H3/b22-15-/t21-/m1/s1. The van der Waals surface area contributed by atoms with Crippen LogP contribution in [0.25, 0.3) is 11.0 Å². The Bertz CT molecular complexity index is 1350. The Hall–Kier alpha value is -3.39. The molecule has 2 aromatic heterocycles. The summed E-state index contributed by atoms with van der Waals surface area (Å²) in [4.78, 5) is 17.9. The molecule has 170 valence electrons. The van der Waals surface area contributed by atoms with Crippen molar-refractivity contribution < 1.29 is 14.2 Å². The van der Waals surface area contributed by atoms with E-state index in [1.54, 1.807) is 0 Å².